The minimum atomic E-state index is -0.770. The predicted octanol–water partition coefficient (Wildman–Crippen LogP) is 2.56. The van der Waals surface area contributed by atoms with Crippen molar-refractivity contribution in [3.63, 3.8) is 0 Å². The zero-order chi connectivity index (χ0) is 16.8. The number of hydrogen-bond acceptors (Lipinski definition) is 4. The first kappa shape index (κ1) is 17.7. The normalized spacial score (nSPS) is 12.1. The van der Waals surface area contributed by atoms with Crippen molar-refractivity contribution in [1.82, 2.24) is 5.32 Å². The summed E-state index contributed by atoms with van der Waals surface area (Å²) in [7, 11) is 0. The van der Waals surface area contributed by atoms with Crippen LogP contribution in [0.15, 0.2) is 24.3 Å². The first-order valence-electron chi connectivity index (χ1n) is 7.22. The quantitative estimate of drug-likeness (QED) is 0.848. The number of hydrogen-bond donors (Lipinski definition) is 1. The molecule has 1 atom stereocenters. The number of nitrogens with one attached hydrogen (secondary N) is 1. The molecule has 5 nitrogen and oxygen atoms in total. The zero-order valence-electron chi connectivity index (χ0n) is 13.5. The summed E-state index contributed by atoms with van der Waals surface area (Å²) < 4.78 is 4.79. The van der Waals surface area contributed by atoms with Crippen molar-refractivity contribution < 1.29 is 14.3 Å². The van der Waals surface area contributed by atoms with Crippen LogP contribution in [-0.2, 0) is 14.9 Å². The standard InChI is InChI=1S/C17H22N2O3/c1-12(11-18)22-15(20)9-10-19-16(21)13-5-7-14(8-6-13)17(2,3)4/h5-8,12H,9-10H2,1-4H3,(H,19,21)/t12-/m0/s1. The van der Waals surface area contributed by atoms with Crippen LogP contribution in [0.4, 0.5) is 0 Å². The SMILES string of the molecule is C[C@@H](C#N)OC(=O)CCNC(=O)c1ccc(C(C)(C)C)cc1. The molecule has 0 aromatic heterocycles. The first-order chi connectivity index (χ1) is 10.2. The molecule has 0 spiro atoms. The summed E-state index contributed by atoms with van der Waals surface area (Å²) in [6.45, 7) is 7.99. The molecule has 1 rings (SSSR count). The van der Waals surface area contributed by atoms with Gasteiger partial charge in [0.1, 0.15) is 6.07 Å². The summed E-state index contributed by atoms with van der Waals surface area (Å²) in [5, 5.41) is 11.2. The van der Waals surface area contributed by atoms with Crippen LogP contribution >= 0.6 is 0 Å². The Labute approximate surface area is 131 Å². The fourth-order valence-electron chi connectivity index (χ4n) is 1.78. The molecule has 0 saturated carbocycles. The first-order valence-corrected chi connectivity index (χ1v) is 7.22. The van der Waals surface area contributed by atoms with Crippen molar-refractivity contribution in [2.24, 2.45) is 0 Å². The average molecular weight is 302 g/mol. The van der Waals surface area contributed by atoms with Crippen LogP contribution in [0, 0.1) is 11.3 Å². The van der Waals surface area contributed by atoms with Crippen molar-refractivity contribution in [2.45, 2.75) is 45.6 Å². The number of esters is 1. The van der Waals surface area contributed by atoms with Crippen molar-refractivity contribution in [2.75, 3.05) is 6.54 Å². The van der Waals surface area contributed by atoms with Gasteiger partial charge >= 0.3 is 5.97 Å². The predicted molar refractivity (Wildman–Crippen MR) is 83.3 cm³/mol. The summed E-state index contributed by atoms with van der Waals surface area (Å²) in [5.41, 5.74) is 1.74. The highest BCUT2D eigenvalue weighted by atomic mass is 16.5. The van der Waals surface area contributed by atoms with E-state index >= 15 is 0 Å². The highest BCUT2D eigenvalue weighted by Crippen LogP contribution is 2.22. The molecule has 1 aromatic carbocycles. The third-order valence-electron chi connectivity index (χ3n) is 3.12. The average Bonchev–Trinajstić information content (AvgIpc) is 2.46. The van der Waals surface area contributed by atoms with E-state index < -0.39 is 12.1 Å². The number of carbonyl (C=O) groups is 2. The summed E-state index contributed by atoms with van der Waals surface area (Å²) in [6.07, 6.45) is -0.731. The Balaban J connectivity index is 2.46. The van der Waals surface area contributed by atoms with Crippen molar-refractivity contribution in [3.8, 4) is 6.07 Å². The second-order valence-corrected chi connectivity index (χ2v) is 6.09. The van der Waals surface area contributed by atoms with E-state index in [2.05, 4.69) is 26.1 Å². The van der Waals surface area contributed by atoms with Crippen LogP contribution in [0.1, 0.15) is 50.0 Å². The Morgan fingerprint density at radius 1 is 1.27 bits per heavy atom. The fourth-order valence-corrected chi connectivity index (χ4v) is 1.78. The van der Waals surface area contributed by atoms with E-state index in [0.29, 0.717) is 5.56 Å². The molecule has 22 heavy (non-hydrogen) atoms. The third-order valence-corrected chi connectivity index (χ3v) is 3.12. The molecular formula is C17H22N2O3. The highest BCUT2D eigenvalue weighted by molar-refractivity contribution is 5.94. The smallest absolute Gasteiger partial charge is 0.308 e. The minimum Gasteiger partial charge on any atom is -0.447 e. The number of carbonyl (C=O) groups excluding carboxylic acids is 2. The number of ether oxygens (including phenoxy) is 1. The summed E-state index contributed by atoms with van der Waals surface area (Å²) >= 11 is 0. The molecule has 0 radical (unpaired) electrons. The maximum Gasteiger partial charge on any atom is 0.308 e. The van der Waals surface area contributed by atoms with Gasteiger partial charge < -0.3 is 10.1 Å². The van der Waals surface area contributed by atoms with Crippen molar-refractivity contribution in [1.29, 1.82) is 5.26 Å². The van der Waals surface area contributed by atoms with Crippen LogP contribution in [-0.4, -0.2) is 24.5 Å². The lowest BCUT2D eigenvalue weighted by atomic mass is 9.87. The largest absolute Gasteiger partial charge is 0.447 e. The van der Waals surface area contributed by atoms with Crippen LogP contribution in [0.3, 0.4) is 0 Å². The lowest BCUT2D eigenvalue weighted by Crippen LogP contribution is -2.27. The maximum absolute atomic E-state index is 11.9. The van der Waals surface area contributed by atoms with Gasteiger partial charge in [0.25, 0.3) is 5.91 Å². The van der Waals surface area contributed by atoms with E-state index in [1.165, 1.54) is 6.92 Å². The Bertz CT molecular complexity index is 565. The third kappa shape index (κ3) is 5.57. The monoisotopic (exact) mass is 302 g/mol. The van der Waals surface area contributed by atoms with Gasteiger partial charge in [-0.15, -0.1) is 0 Å². The molecule has 5 heteroatoms. The van der Waals surface area contributed by atoms with Gasteiger partial charge in [0.2, 0.25) is 0 Å². The molecule has 0 fully saturated rings. The lowest BCUT2D eigenvalue weighted by Gasteiger charge is -2.19. The van der Waals surface area contributed by atoms with E-state index in [9.17, 15) is 9.59 Å². The molecule has 0 saturated heterocycles. The van der Waals surface area contributed by atoms with Gasteiger partial charge in [-0.05, 0) is 30.0 Å². The summed E-state index contributed by atoms with van der Waals surface area (Å²) in [4.78, 5) is 23.3. The minimum absolute atomic E-state index is 0.0379. The van der Waals surface area contributed by atoms with Crippen LogP contribution < -0.4 is 5.32 Å². The van der Waals surface area contributed by atoms with Crippen LogP contribution in [0.25, 0.3) is 0 Å². The molecule has 1 N–H and O–H groups in total. The van der Waals surface area contributed by atoms with E-state index in [4.69, 9.17) is 10.00 Å². The summed E-state index contributed by atoms with van der Waals surface area (Å²) in [6, 6.07) is 9.20. The number of nitriles is 1. The second-order valence-electron chi connectivity index (χ2n) is 6.09. The molecule has 0 bridgehead atoms. The molecule has 0 aliphatic heterocycles. The molecule has 118 valence electrons. The van der Waals surface area contributed by atoms with Crippen LogP contribution in [0.2, 0.25) is 0 Å². The fraction of sp³-hybridized carbons (Fsp3) is 0.471. The molecule has 0 unspecified atom stereocenters. The molecular weight excluding hydrogens is 280 g/mol. The van der Waals surface area contributed by atoms with Gasteiger partial charge in [0.15, 0.2) is 6.10 Å². The van der Waals surface area contributed by atoms with Crippen molar-refractivity contribution >= 4 is 11.9 Å². The van der Waals surface area contributed by atoms with Gasteiger partial charge in [-0.1, -0.05) is 32.9 Å². The maximum atomic E-state index is 11.9. The molecule has 0 aliphatic rings. The topological polar surface area (TPSA) is 79.2 Å². The highest BCUT2D eigenvalue weighted by Gasteiger charge is 2.14. The van der Waals surface area contributed by atoms with Crippen molar-refractivity contribution in [3.05, 3.63) is 35.4 Å². The van der Waals surface area contributed by atoms with Gasteiger partial charge in [-0.25, -0.2) is 0 Å². The Morgan fingerprint density at radius 3 is 2.36 bits per heavy atom. The van der Waals surface area contributed by atoms with Gasteiger partial charge in [0.05, 0.1) is 6.42 Å². The van der Waals surface area contributed by atoms with Gasteiger partial charge in [-0.2, -0.15) is 5.26 Å². The lowest BCUT2D eigenvalue weighted by molar-refractivity contribution is -0.145. The Morgan fingerprint density at radius 2 is 1.86 bits per heavy atom. The molecule has 1 aromatic rings. The van der Waals surface area contributed by atoms with E-state index in [1.54, 1.807) is 12.1 Å². The molecule has 1 amide bonds. The number of nitrogens with zero attached hydrogens (tertiary/aromatic N) is 1. The second kappa shape index (κ2) is 7.60. The van der Waals surface area contributed by atoms with Gasteiger partial charge in [0, 0.05) is 12.1 Å². The number of benzene rings is 1. The Kier molecular flexibility index (Phi) is 6.11. The zero-order valence-corrected chi connectivity index (χ0v) is 13.5. The summed E-state index contributed by atoms with van der Waals surface area (Å²) in [5.74, 6) is -0.737. The van der Waals surface area contributed by atoms with E-state index in [-0.39, 0.29) is 24.3 Å². The van der Waals surface area contributed by atoms with Crippen LogP contribution in [0.5, 0.6) is 0 Å². The number of amides is 1. The van der Waals surface area contributed by atoms with Gasteiger partial charge in [-0.3, -0.25) is 9.59 Å². The van der Waals surface area contributed by atoms with E-state index in [1.807, 2.05) is 18.2 Å². The van der Waals surface area contributed by atoms with E-state index in [0.717, 1.165) is 5.56 Å². The molecule has 0 aliphatic carbocycles. The molecule has 0 heterocycles. The Hall–Kier alpha value is -2.35. The number of rotatable bonds is 5.